The number of nitrogens with zero attached hydrogens (tertiary/aromatic N) is 3. The third-order valence-electron chi connectivity index (χ3n) is 3.93. The summed E-state index contributed by atoms with van der Waals surface area (Å²) in [7, 11) is 0. The lowest BCUT2D eigenvalue weighted by Gasteiger charge is -2.09. The van der Waals surface area contributed by atoms with Gasteiger partial charge in [-0.15, -0.1) is 0 Å². The molecule has 0 spiro atoms. The van der Waals surface area contributed by atoms with Crippen molar-refractivity contribution in [1.82, 2.24) is 30.4 Å². The Morgan fingerprint density at radius 2 is 1.92 bits per heavy atom. The Kier molecular flexibility index (Phi) is 3.88. The molecule has 0 amide bonds. The summed E-state index contributed by atoms with van der Waals surface area (Å²) in [4.78, 5) is 20.6. The fourth-order valence-corrected chi connectivity index (χ4v) is 2.66. The molecule has 3 aromatic heterocycles. The van der Waals surface area contributed by atoms with Crippen molar-refractivity contribution in [3.8, 4) is 0 Å². The van der Waals surface area contributed by atoms with Crippen molar-refractivity contribution in [2.45, 2.75) is 20.3 Å². The first kappa shape index (κ1) is 15.9. The molecule has 0 aliphatic carbocycles. The van der Waals surface area contributed by atoms with Crippen LogP contribution in [0, 0.1) is 6.92 Å². The summed E-state index contributed by atoms with van der Waals surface area (Å²) < 4.78 is 0. The lowest BCUT2D eigenvalue weighted by Crippen LogP contribution is -2.04. The molecule has 5 N–H and O–H groups in total. The Labute approximate surface area is 148 Å². The largest absolute Gasteiger partial charge is 0.324 e. The first-order chi connectivity index (χ1) is 12.6. The topological polar surface area (TPSA) is 127 Å². The second kappa shape index (κ2) is 6.36. The lowest BCUT2D eigenvalue weighted by molar-refractivity contribution is 1.00. The molecule has 1 aromatic carbocycles. The summed E-state index contributed by atoms with van der Waals surface area (Å²) in [5, 5.41) is 19.4. The van der Waals surface area contributed by atoms with Crippen LogP contribution in [0.15, 0.2) is 35.1 Å². The van der Waals surface area contributed by atoms with Crippen molar-refractivity contribution in [3.05, 3.63) is 52.1 Å². The predicted octanol–water partition coefficient (Wildman–Crippen LogP) is 2.73. The highest BCUT2D eigenvalue weighted by atomic mass is 16.1. The number of aromatic amines is 3. The van der Waals surface area contributed by atoms with Gasteiger partial charge in [0.25, 0.3) is 5.56 Å². The Morgan fingerprint density at radius 3 is 2.69 bits per heavy atom. The number of anilines is 4. The molecule has 4 rings (SSSR count). The Balaban J connectivity index is 1.63. The van der Waals surface area contributed by atoms with Crippen molar-refractivity contribution < 1.29 is 0 Å². The van der Waals surface area contributed by atoms with Gasteiger partial charge in [0.1, 0.15) is 5.82 Å². The van der Waals surface area contributed by atoms with Gasteiger partial charge in [-0.1, -0.05) is 6.92 Å². The molecule has 0 unspecified atom stereocenters. The van der Waals surface area contributed by atoms with E-state index in [2.05, 4.69) is 41.0 Å². The van der Waals surface area contributed by atoms with Gasteiger partial charge in [-0.2, -0.15) is 10.1 Å². The predicted molar refractivity (Wildman–Crippen MR) is 100 cm³/mol. The summed E-state index contributed by atoms with van der Waals surface area (Å²) >= 11 is 0. The fourth-order valence-electron chi connectivity index (χ4n) is 2.66. The second-order valence-electron chi connectivity index (χ2n) is 5.95. The smallest absolute Gasteiger partial charge is 0.271 e. The van der Waals surface area contributed by atoms with Crippen LogP contribution >= 0.6 is 0 Å². The van der Waals surface area contributed by atoms with Crippen molar-refractivity contribution in [3.63, 3.8) is 0 Å². The summed E-state index contributed by atoms with van der Waals surface area (Å²) in [5.74, 6) is 1.82. The van der Waals surface area contributed by atoms with Gasteiger partial charge in [-0.25, -0.2) is 4.98 Å². The molecule has 9 heteroatoms. The molecular formula is C17H18N8O. The average molecular weight is 350 g/mol. The van der Waals surface area contributed by atoms with E-state index in [1.165, 1.54) is 0 Å². The van der Waals surface area contributed by atoms with E-state index in [1.807, 2.05) is 38.1 Å². The molecular weight excluding hydrogens is 332 g/mol. The number of rotatable bonds is 5. The van der Waals surface area contributed by atoms with E-state index in [1.54, 1.807) is 6.07 Å². The summed E-state index contributed by atoms with van der Waals surface area (Å²) in [6, 6.07) is 9.19. The number of nitrogens with one attached hydrogen (secondary N) is 5. The maximum atomic E-state index is 11.6. The van der Waals surface area contributed by atoms with Crippen LogP contribution < -0.4 is 16.2 Å². The van der Waals surface area contributed by atoms with Crippen LogP contribution in [0.1, 0.15) is 18.3 Å². The summed E-state index contributed by atoms with van der Waals surface area (Å²) in [5.41, 5.74) is 3.22. The number of fused-ring (bicyclic) bond motifs is 1. The SMILES string of the molecule is CCc1cc(Nc2cc(C)[nH]n2)nc(Nc2ccc3c(=O)[nH][nH]c3c2)n1. The molecule has 0 radical (unpaired) electrons. The van der Waals surface area contributed by atoms with E-state index in [0.717, 1.165) is 29.0 Å². The molecule has 0 atom stereocenters. The molecule has 0 aliphatic heterocycles. The third-order valence-corrected chi connectivity index (χ3v) is 3.93. The normalized spacial score (nSPS) is 11.0. The average Bonchev–Trinajstić information content (AvgIpc) is 3.20. The van der Waals surface area contributed by atoms with Gasteiger partial charge in [0, 0.05) is 29.2 Å². The Morgan fingerprint density at radius 1 is 1.04 bits per heavy atom. The van der Waals surface area contributed by atoms with Gasteiger partial charge >= 0.3 is 0 Å². The fraction of sp³-hybridized carbons (Fsp3) is 0.176. The number of aryl methyl sites for hydroxylation is 2. The van der Waals surface area contributed by atoms with Gasteiger partial charge in [0.15, 0.2) is 5.82 Å². The first-order valence-electron chi connectivity index (χ1n) is 8.25. The van der Waals surface area contributed by atoms with Crippen LogP contribution in [0.2, 0.25) is 0 Å². The number of aromatic nitrogens is 6. The quantitative estimate of drug-likeness (QED) is 0.377. The summed E-state index contributed by atoms with van der Waals surface area (Å²) in [6.45, 7) is 3.97. The molecule has 132 valence electrons. The highest BCUT2D eigenvalue weighted by molar-refractivity contribution is 5.82. The van der Waals surface area contributed by atoms with Crippen molar-refractivity contribution in [1.29, 1.82) is 0 Å². The molecule has 0 saturated heterocycles. The van der Waals surface area contributed by atoms with Crippen LogP contribution in [-0.4, -0.2) is 30.4 Å². The molecule has 0 bridgehead atoms. The van der Waals surface area contributed by atoms with Crippen molar-refractivity contribution in [2.24, 2.45) is 0 Å². The molecule has 0 aliphatic rings. The number of hydrogen-bond donors (Lipinski definition) is 5. The molecule has 0 saturated carbocycles. The van der Waals surface area contributed by atoms with Gasteiger partial charge in [-0.3, -0.25) is 20.1 Å². The Bertz CT molecular complexity index is 1120. The highest BCUT2D eigenvalue weighted by Gasteiger charge is 2.08. The number of hydrogen-bond acceptors (Lipinski definition) is 6. The van der Waals surface area contributed by atoms with Gasteiger partial charge in [0.05, 0.1) is 10.9 Å². The van der Waals surface area contributed by atoms with E-state index in [-0.39, 0.29) is 5.56 Å². The third kappa shape index (κ3) is 3.14. The number of H-pyrrole nitrogens is 3. The first-order valence-corrected chi connectivity index (χ1v) is 8.25. The van der Waals surface area contributed by atoms with Crippen LogP contribution in [0.5, 0.6) is 0 Å². The van der Waals surface area contributed by atoms with Crippen molar-refractivity contribution in [2.75, 3.05) is 10.6 Å². The maximum absolute atomic E-state index is 11.6. The minimum atomic E-state index is -0.142. The van der Waals surface area contributed by atoms with Crippen LogP contribution in [0.3, 0.4) is 0 Å². The number of benzene rings is 1. The summed E-state index contributed by atoms with van der Waals surface area (Å²) in [6.07, 6.45) is 0.773. The molecule has 0 fully saturated rings. The molecule has 9 nitrogen and oxygen atoms in total. The van der Waals surface area contributed by atoms with Crippen LogP contribution in [0.25, 0.3) is 10.9 Å². The minimum Gasteiger partial charge on any atom is -0.324 e. The van der Waals surface area contributed by atoms with Crippen LogP contribution in [-0.2, 0) is 6.42 Å². The van der Waals surface area contributed by atoms with Gasteiger partial charge in [0.2, 0.25) is 5.95 Å². The minimum absolute atomic E-state index is 0.142. The van der Waals surface area contributed by atoms with E-state index in [9.17, 15) is 4.79 Å². The van der Waals surface area contributed by atoms with Gasteiger partial charge in [-0.05, 0) is 31.5 Å². The second-order valence-corrected chi connectivity index (χ2v) is 5.95. The molecule has 26 heavy (non-hydrogen) atoms. The van der Waals surface area contributed by atoms with Gasteiger partial charge < -0.3 is 10.6 Å². The lowest BCUT2D eigenvalue weighted by atomic mass is 10.2. The molecule has 3 heterocycles. The van der Waals surface area contributed by atoms with Crippen molar-refractivity contribution >= 4 is 34.2 Å². The molecule has 4 aromatic rings. The highest BCUT2D eigenvalue weighted by Crippen LogP contribution is 2.21. The van der Waals surface area contributed by atoms with E-state index >= 15 is 0 Å². The van der Waals surface area contributed by atoms with E-state index in [0.29, 0.717) is 23.0 Å². The zero-order valence-corrected chi connectivity index (χ0v) is 14.3. The maximum Gasteiger partial charge on any atom is 0.271 e. The monoisotopic (exact) mass is 350 g/mol. The standard InChI is InChI=1S/C17H18N8O/c1-3-10-8-14(20-15-6-9(2)22-24-15)21-17(18-10)19-11-4-5-12-13(7-11)23-25-16(12)26/h4-8H,3H2,1-2H3,(H2,23,25,26)(H3,18,19,20,21,22,24). The Hall–Kier alpha value is -3.62. The van der Waals surface area contributed by atoms with Crippen LogP contribution in [0.4, 0.5) is 23.3 Å². The zero-order valence-electron chi connectivity index (χ0n) is 14.3. The van der Waals surface area contributed by atoms with E-state index < -0.39 is 0 Å². The van der Waals surface area contributed by atoms with E-state index in [4.69, 9.17) is 0 Å². The zero-order chi connectivity index (χ0) is 18.1.